The van der Waals surface area contributed by atoms with Gasteiger partial charge in [-0.1, -0.05) is 6.07 Å². The number of sulfonamides is 1. The van der Waals surface area contributed by atoms with Gasteiger partial charge in [-0.05, 0) is 56.4 Å². The van der Waals surface area contributed by atoms with Gasteiger partial charge in [0.15, 0.2) is 0 Å². The topological polar surface area (TPSA) is 94.9 Å². The minimum absolute atomic E-state index is 0.167. The van der Waals surface area contributed by atoms with Gasteiger partial charge in [0.1, 0.15) is 0 Å². The standard InChI is InChI=1S/C16H23NO5S/c1-9-7-10(2)16(11(3)13(9)8-15(19)20)23(21,22)17-6-5-14(18)12(17)4/h7,12,14,18H,5-6,8H2,1-4H3,(H,19,20)/t12-,14-/m1/s1. The SMILES string of the molecule is Cc1cc(C)c(S(=O)(=O)N2CC[C@@H](O)[C@H]2C)c(C)c1CC(=O)O. The fourth-order valence-electron chi connectivity index (χ4n) is 3.38. The molecule has 0 radical (unpaired) electrons. The van der Waals surface area contributed by atoms with Gasteiger partial charge in [0.25, 0.3) is 0 Å². The number of nitrogens with zero attached hydrogens (tertiary/aromatic N) is 1. The Bertz CT molecular complexity index is 741. The largest absolute Gasteiger partial charge is 0.481 e. The lowest BCUT2D eigenvalue weighted by molar-refractivity contribution is -0.136. The molecule has 128 valence electrons. The lowest BCUT2D eigenvalue weighted by Gasteiger charge is -2.25. The van der Waals surface area contributed by atoms with E-state index in [-0.39, 0.29) is 17.9 Å². The van der Waals surface area contributed by atoms with Crippen molar-refractivity contribution < 1.29 is 23.4 Å². The van der Waals surface area contributed by atoms with Crippen LogP contribution in [0.1, 0.15) is 35.6 Å². The first-order valence-electron chi connectivity index (χ1n) is 7.58. The zero-order chi connectivity index (χ0) is 17.5. The maximum absolute atomic E-state index is 13.0. The first kappa shape index (κ1) is 17.9. The summed E-state index contributed by atoms with van der Waals surface area (Å²) in [5.41, 5.74) is 2.39. The summed E-state index contributed by atoms with van der Waals surface area (Å²) in [6.45, 7) is 7.12. The van der Waals surface area contributed by atoms with Crippen molar-refractivity contribution >= 4 is 16.0 Å². The zero-order valence-corrected chi connectivity index (χ0v) is 14.6. The van der Waals surface area contributed by atoms with E-state index in [0.29, 0.717) is 23.1 Å². The lowest BCUT2D eigenvalue weighted by Crippen LogP contribution is -2.38. The Morgan fingerprint density at radius 1 is 1.30 bits per heavy atom. The molecule has 0 aliphatic carbocycles. The molecule has 6 nitrogen and oxygen atoms in total. The zero-order valence-electron chi connectivity index (χ0n) is 13.8. The van der Waals surface area contributed by atoms with Crippen LogP contribution in [0.4, 0.5) is 0 Å². The summed E-state index contributed by atoms with van der Waals surface area (Å²) in [6, 6.07) is 1.23. The molecule has 0 unspecified atom stereocenters. The molecule has 1 aromatic rings. The summed E-state index contributed by atoms with van der Waals surface area (Å²) in [4.78, 5) is 11.2. The Morgan fingerprint density at radius 2 is 1.91 bits per heavy atom. The molecule has 0 saturated carbocycles. The maximum atomic E-state index is 13.0. The molecular formula is C16H23NO5S. The Balaban J connectivity index is 2.61. The molecule has 0 aromatic heterocycles. The number of hydrogen-bond donors (Lipinski definition) is 2. The van der Waals surface area contributed by atoms with Crippen LogP contribution in [0.2, 0.25) is 0 Å². The van der Waals surface area contributed by atoms with Gasteiger partial charge in [0, 0.05) is 12.6 Å². The fraction of sp³-hybridized carbons (Fsp3) is 0.562. The molecule has 0 amide bonds. The first-order chi connectivity index (χ1) is 10.6. The summed E-state index contributed by atoms with van der Waals surface area (Å²) in [5, 5.41) is 18.9. The normalized spacial score (nSPS) is 22.5. The fourth-order valence-corrected chi connectivity index (χ4v) is 5.51. The third-order valence-electron chi connectivity index (χ3n) is 4.61. The van der Waals surface area contributed by atoms with E-state index in [1.54, 1.807) is 33.8 Å². The van der Waals surface area contributed by atoms with Crippen LogP contribution in [0.5, 0.6) is 0 Å². The quantitative estimate of drug-likeness (QED) is 0.863. The number of aliphatic carboxylic acids is 1. The Hall–Kier alpha value is -1.44. The average Bonchev–Trinajstić information content (AvgIpc) is 2.74. The van der Waals surface area contributed by atoms with Gasteiger partial charge in [-0.3, -0.25) is 4.79 Å². The van der Waals surface area contributed by atoms with E-state index < -0.39 is 28.1 Å². The van der Waals surface area contributed by atoms with Gasteiger partial charge in [0.05, 0.1) is 17.4 Å². The van der Waals surface area contributed by atoms with Crippen molar-refractivity contribution in [2.75, 3.05) is 6.54 Å². The smallest absolute Gasteiger partial charge is 0.307 e. The van der Waals surface area contributed by atoms with Crippen LogP contribution in [-0.4, -0.2) is 47.6 Å². The van der Waals surface area contributed by atoms with Crippen LogP contribution in [0.15, 0.2) is 11.0 Å². The van der Waals surface area contributed by atoms with Crippen LogP contribution in [0, 0.1) is 20.8 Å². The molecule has 1 aliphatic heterocycles. The van der Waals surface area contributed by atoms with Crippen molar-refractivity contribution in [3.8, 4) is 0 Å². The summed E-state index contributed by atoms with van der Waals surface area (Å²) in [5.74, 6) is -0.992. The number of aliphatic hydroxyl groups excluding tert-OH is 1. The van der Waals surface area contributed by atoms with Crippen molar-refractivity contribution in [2.24, 2.45) is 0 Å². The van der Waals surface area contributed by atoms with Crippen LogP contribution in [-0.2, 0) is 21.2 Å². The molecule has 0 spiro atoms. The van der Waals surface area contributed by atoms with Gasteiger partial charge in [-0.15, -0.1) is 0 Å². The number of carbonyl (C=O) groups is 1. The summed E-state index contributed by atoms with van der Waals surface area (Å²) in [6.07, 6.45) is -0.473. The van der Waals surface area contributed by atoms with Crippen LogP contribution < -0.4 is 0 Å². The number of aliphatic hydroxyl groups is 1. The molecule has 0 bridgehead atoms. The molecule has 1 fully saturated rings. The van der Waals surface area contributed by atoms with Crippen molar-refractivity contribution in [1.29, 1.82) is 0 Å². The minimum Gasteiger partial charge on any atom is -0.481 e. The third-order valence-corrected chi connectivity index (χ3v) is 6.89. The highest BCUT2D eigenvalue weighted by atomic mass is 32.2. The van der Waals surface area contributed by atoms with Gasteiger partial charge in [-0.25, -0.2) is 8.42 Å². The van der Waals surface area contributed by atoms with Crippen molar-refractivity contribution in [2.45, 2.75) is 57.6 Å². The van der Waals surface area contributed by atoms with E-state index in [0.717, 1.165) is 5.56 Å². The molecule has 2 rings (SSSR count). The highest BCUT2D eigenvalue weighted by molar-refractivity contribution is 7.89. The van der Waals surface area contributed by atoms with E-state index in [1.807, 2.05) is 0 Å². The highest BCUT2D eigenvalue weighted by Crippen LogP contribution is 2.32. The third kappa shape index (κ3) is 3.13. The summed E-state index contributed by atoms with van der Waals surface area (Å²) in [7, 11) is -3.78. The van der Waals surface area contributed by atoms with E-state index >= 15 is 0 Å². The van der Waals surface area contributed by atoms with E-state index in [9.17, 15) is 18.3 Å². The van der Waals surface area contributed by atoms with Gasteiger partial charge in [-0.2, -0.15) is 4.31 Å². The Morgan fingerprint density at radius 3 is 2.39 bits per heavy atom. The van der Waals surface area contributed by atoms with Crippen molar-refractivity contribution in [3.05, 3.63) is 28.3 Å². The van der Waals surface area contributed by atoms with E-state index in [2.05, 4.69) is 0 Å². The molecule has 2 N–H and O–H groups in total. The van der Waals surface area contributed by atoms with Crippen LogP contribution in [0.3, 0.4) is 0 Å². The molecule has 1 aromatic carbocycles. The summed E-state index contributed by atoms with van der Waals surface area (Å²) >= 11 is 0. The predicted molar refractivity (Wildman–Crippen MR) is 86.0 cm³/mol. The van der Waals surface area contributed by atoms with Gasteiger partial charge >= 0.3 is 5.97 Å². The number of aryl methyl sites for hydroxylation is 2. The molecule has 1 aliphatic rings. The van der Waals surface area contributed by atoms with E-state index in [1.165, 1.54) is 4.31 Å². The van der Waals surface area contributed by atoms with Gasteiger partial charge in [0.2, 0.25) is 10.0 Å². The highest BCUT2D eigenvalue weighted by Gasteiger charge is 2.39. The van der Waals surface area contributed by atoms with Crippen molar-refractivity contribution in [3.63, 3.8) is 0 Å². The Kier molecular flexibility index (Phi) is 4.84. The number of carboxylic acid groups (broad SMARTS) is 1. The number of rotatable bonds is 4. The molecule has 7 heteroatoms. The molecule has 23 heavy (non-hydrogen) atoms. The average molecular weight is 341 g/mol. The van der Waals surface area contributed by atoms with Crippen LogP contribution in [0.25, 0.3) is 0 Å². The molecule has 2 atom stereocenters. The second kappa shape index (κ2) is 6.22. The number of hydrogen-bond acceptors (Lipinski definition) is 4. The van der Waals surface area contributed by atoms with Crippen molar-refractivity contribution in [1.82, 2.24) is 4.31 Å². The Labute approximate surface area is 136 Å². The van der Waals surface area contributed by atoms with Gasteiger partial charge < -0.3 is 10.2 Å². The second-order valence-electron chi connectivity index (χ2n) is 6.23. The first-order valence-corrected chi connectivity index (χ1v) is 9.02. The number of carboxylic acids is 1. The lowest BCUT2D eigenvalue weighted by atomic mass is 9.97. The van der Waals surface area contributed by atoms with Crippen LogP contribution >= 0.6 is 0 Å². The summed E-state index contributed by atoms with van der Waals surface area (Å²) < 4.78 is 27.4. The minimum atomic E-state index is -3.78. The maximum Gasteiger partial charge on any atom is 0.307 e. The predicted octanol–water partition coefficient (Wildman–Crippen LogP) is 1.38. The van der Waals surface area contributed by atoms with E-state index in [4.69, 9.17) is 5.11 Å². The number of benzene rings is 1. The second-order valence-corrected chi connectivity index (χ2v) is 8.05. The molecule has 1 saturated heterocycles. The monoisotopic (exact) mass is 341 g/mol. The molecular weight excluding hydrogens is 318 g/mol. The molecule has 1 heterocycles.